The van der Waals surface area contributed by atoms with E-state index >= 15 is 0 Å². The van der Waals surface area contributed by atoms with Crippen LogP contribution in [0.15, 0.2) is 48.5 Å². The number of nitrogens with one attached hydrogen (secondary N) is 4. The summed E-state index contributed by atoms with van der Waals surface area (Å²) in [5.74, 6) is -1.01. The average molecular weight is 578 g/mol. The summed E-state index contributed by atoms with van der Waals surface area (Å²) in [5.41, 5.74) is 1.89. The number of carbonyl (C=O) groups is 4. The van der Waals surface area contributed by atoms with Crippen LogP contribution in [0.2, 0.25) is 0 Å². The fourth-order valence-corrected chi connectivity index (χ4v) is 5.60. The molecule has 2 aliphatic rings. The highest BCUT2D eigenvalue weighted by Gasteiger charge is 2.27. The van der Waals surface area contributed by atoms with Gasteiger partial charge in [0.25, 0.3) is 11.8 Å². The van der Waals surface area contributed by atoms with Gasteiger partial charge in [-0.15, -0.1) is 0 Å². The highest BCUT2D eigenvalue weighted by atomic mass is 16.3. The van der Waals surface area contributed by atoms with Crippen LogP contribution in [-0.4, -0.2) is 73.1 Å². The maximum Gasteiger partial charge on any atom is 0.251 e. The first-order chi connectivity index (χ1) is 20.2. The van der Waals surface area contributed by atoms with E-state index in [2.05, 4.69) is 21.3 Å². The molecule has 0 bridgehead atoms. The molecule has 1 aliphatic heterocycles. The molecule has 2 aromatic rings. The molecule has 0 aromatic heterocycles. The molecule has 42 heavy (non-hydrogen) atoms. The van der Waals surface area contributed by atoms with Crippen molar-refractivity contribution in [2.24, 2.45) is 0 Å². The lowest BCUT2D eigenvalue weighted by Crippen LogP contribution is -2.53. The maximum atomic E-state index is 13.6. The van der Waals surface area contributed by atoms with Crippen LogP contribution in [0, 0.1) is 0 Å². The third-order valence-electron chi connectivity index (χ3n) is 8.11. The molecule has 226 valence electrons. The van der Waals surface area contributed by atoms with E-state index in [0.717, 1.165) is 31.2 Å². The molecule has 1 heterocycles. The first kappa shape index (κ1) is 31.2. The number of nitrogens with zero attached hydrogens (tertiary/aromatic N) is 1. The Labute approximate surface area is 247 Å². The number of aliphatic hydroxyl groups is 1. The minimum Gasteiger partial charge on any atom is -0.390 e. The van der Waals surface area contributed by atoms with Gasteiger partial charge in [0.2, 0.25) is 11.8 Å². The summed E-state index contributed by atoms with van der Waals surface area (Å²) in [6, 6.07) is 13.2. The van der Waals surface area contributed by atoms with Gasteiger partial charge in [0, 0.05) is 49.4 Å². The molecule has 2 fully saturated rings. The van der Waals surface area contributed by atoms with Crippen molar-refractivity contribution in [2.75, 3.05) is 25.0 Å². The van der Waals surface area contributed by atoms with Crippen molar-refractivity contribution in [3.63, 3.8) is 0 Å². The zero-order valence-electron chi connectivity index (χ0n) is 24.5. The zero-order valence-corrected chi connectivity index (χ0v) is 24.5. The van der Waals surface area contributed by atoms with Gasteiger partial charge in [0.1, 0.15) is 0 Å². The van der Waals surface area contributed by atoms with E-state index in [1.807, 2.05) is 30.3 Å². The van der Waals surface area contributed by atoms with E-state index in [4.69, 9.17) is 0 Å². The number of amides is 4. The third kappa shape index (κ3) is 8.39. The Morgan fingerprint density at radius 2 is 1.67 bits per heavy atom. The molecule has 1 saturated carbocycles. The topological polar surface area (TPSA) is 140 Å². The Balaban J connectivity index is 1.48. The molecule has 0 spiro atoms. The second-order valence-corrected chi connectivity index (χ2v) is 11.3. The average Bonchev–Trinajstić information content (AvgIpc) is 3.45. The molecular weight excluding hydrogens is 534 g/mol. The van der Waals surface area contributed by atoms with E-state index in [0.29, 0.717) is 31.5 Å². The standard InChI is InChI=1S/C32H43N5O5/c1-21(30(40)35-25-12-7-4-8-13-25)34-20-28(38)27(16-22-10-5-3-6-11-22)36-32(42)24-17-23(31(41)33-2)18-26(19-24)37-15-9-14-29(37)39/h3,5-6,10-11,17-19,21,25,27-28,34,38H,4,7-9,12-16,20H2,1-2H3,(H,33,41)(H,35,40)(H,36,42)/t21-,27-,28+/m0/s1. The zero-order chi connectivity index (χ0) is 30.1. The Kier molecular flexibility index (Phi) is 11.1. The second-order valence-electron chi connectivity index (χ2n) is 11.3. The lowest BCUT2D eigenvalue weighted by molar-refractivity contribution is -0.123. The number of anilines is 1. The highest BCUT2D eigenvalue weighted by Crippen LogP contribution is 2.25. The predicted molar refractivity (Wildman–Crippen MR) is 161 cm³/mol. The minimum absolute atomic E-state index is 0.0551. The molecule has 1 saturated heterocycles. The summed E-state index contributed by atoms with van der Waals surface area (Å²) in [6.07, 6.45) is 5.88. The Morgan fingerprint density at radius 1 is 0.976 bits per heavy atom. The van der Waals surface area contributed by atoms with Gasteiger partial charge in [-0.3, -0.25) is 19.2 Å². The molecule has 0 unspecified atom stereocenters. The van der Waals surface area contributed by atoms with E-state index < -0.39 is 24.1 Å². The fraction of sp³-hybridized carbons (Fsp3) is 0.500. The molecule has 4 rings (SSSR count). The summed E-state index contributed by atoms with van der Waals surface area (Å²) in [7, 11) is 1.51. The Bertz CT molecular complexity index is 1250. The van der Waals surface area contributed by atoms with Crippen LogP contribution in [0.25, 0.3) is 0 Å². The van der Waals surface area contributed by atoms with Crippen LogP contribution in [0.1, 0.15) is 78.1 Å². The normalized spacial score (nSPS) is 17.8. The van der Waals surface area contributed by atoms with Gasteiger partial charge in [-0.05, 0) is 56.4 Å². The van der Waals surface area contributed by atoms with Crippen molar-refractivity contribution in [1.82, 2.24) is 21.3 Å². The van der Waals surface area contributed by atoms with E-state index in [9.17, 15) is 24.3 Å². The van der Waals surface area contributed by atoms with Gasteiger partial charge in [0.15, 0.2) is 0 Å². The number of aliphatic hydroxyl groups excluding tert-OH is 1. The Hall–Kier alpha value is -3.76. The van der Waals surface area contributed by atoms with Crippen LogP contribution >= 0.6 is 0 Å². The predicted octanol–water partition coefficient (Wildman–Crippen LogP) is 2.30. The van der Waals surface area contributed by atoms with Crippen molar-refractivity contribution >= 4 is 29.3 Å². The van der Waals surface area contributed by atoms with Crippen LogP contribution in [0.3, 0.4) is 0 Å². The van der Waals surface area contributed by atoms with E-state index in [1.54, 1.807) is 24.0 Å². The van der Waals surface area contributed by atoms with Gasteiger partial charge in [-0.2, -0.15) is 0 Å². The molecule has 0 radical (unpaired) electrons. The van der Waals surface area contributed by atoms with Crippen LogP contribution in [0.5, 0.6) is 0 Å². The Morgan fingerprint density at radius 3 is 2.31 bits per heavy atom. The molecule has 3 atom stereocenters. The van der Waals surface area contributed by atoms with Gasteiger partial charge in [-0.1, -0.05) is 49.6 Å². The number of carbonyl (C=O) groups excluding carboxylic acids is 4. The molecule has 5 N–H and O–H groups in total. The third-order valence-corrected chi connectivity index (χ3v) is 8.11. The van der Waals surface area contributed by atoms with Gasteiger partial charge in [-0.25, -0.2) is 0 Å². The first-order valence-corrected chi connectivity index (χ1v) is 15.0. The SMILES string of the molecule is CNC(=O)c1cc(C(=O)N[C@@H](Cc2ccccc2)[C@H](O)CN[C@@H](C)C(=O)NC2CCCCC2)cc(N2CCCC2=O)c1. The molecule has 4 amide bonds. The largest absolute Gasteiger partial charge is 0.390 e. The number of hydrogen-bond donors (Lipinski definition) is 5. The van der Waals surface area contributed by atoms with Gasteiger partial charge in [0.05, 0.1) is 18.2 Å². The number of hydrogen-bond acceptors (Lipinski definition) is 6. The summed E-state index contributed by atoms with van der Waals surface area (Å²) >= 11 is 0. The van der Waals surface area contributed by atoms with Crippen molar-refractivity contribution in [1.29, 1.82) is 0 Å². The van der Waals surface area contributed by atoms with Crippen molar-refractivity contribution in [3.05, 3.63) is 65.2 Å². The summed E-state index contributed by atoms with van der Waals surface area (Å²) < 4.78 is 0. The summed E-state index contributed by atoms with van der Waals surface area (Å²) in [5, 5.41) is 23.0. The van der Waals surface area contributed by atoms with Crippen molar-refractivity contribution in [3.8, 4) is 0 Å². The first-order valence-electron chi connectivity index (χ1n) is 15.0. The fourth-order valence-electron chi connectivity index (χ4n) is 5.60. The molecule has 2 aromatic carbocycles. The lowest BCUT2D eigenvalue weighted by Gasteiger charge is -2.28. The van der Waals surface area contributed by atoms with Crippen LogP contribution < -0.4 is 26.2 Å². The lowest BCUT2D eigenvalue weighted by atomic mass is 9.95. The number of benzene rings is 2. The smallest absolute Gasteiger partial charge is 0.251 e. The maximum absolute atomic E-state index is 13.6. The van der Waals surface area contributed by atoms with E-state index in [1.165, 1.54) is 19.5 Å². The van der Waals surface area contributed by atoms with Gasteiger partial charge >= 0.3 is 0 Å². The van der Waals surface area contributed by atoms with Gasteiger partial charge < -0.3 is 31.3 Å². The quantitative estimate of drug-likeness (QED) is 0.262. The second kappa shape index (κ2) is 14.9. The summed E-state index contributed by atoms with van der Waals surface area (Å²) in [6.45, 7) is 2.37. The highest BCUT2D eigenvalue weighted by molar-refractivity contribution is 6.03. The minimum atomic E-state index is -1.01. The van der Waals surface area contributed by atoms with Crippen molar-refractivity contribution < 1.29 is 24.3 Å². The number of rotatable bonds is 12. The van der Waals surface area contributed by atoms with Crippen LogP contribution in [0.4, 0.5) is 5.69 Å². The molecule has 10 heteroatoms. The summed E-state index contributed by atoms with van der Waals surface area (Å²) in [4.78, 5) is 52.8. The molecule has 10 nitrogen and oxygen atoms in total. The van der Waals surface area contributed by atoms with E-state index in [-0.39, 0.29) is 41.4 Å². The molecular formula is C32H43N5O5. The molecule has 1 aliphatic carbocycles. The van der Waals surface area contributed by atoms with Crippen molar-refractivity contribution in [2.45, 2.75) is 82.5 Å². The van der Waals surface area contributed by atoms with Crippen LogP contribution in [-0.2, 0) is 16.0 Å². The monoisotopic (exact) mass is 577 g/mol.